The van der Waals surface area contributed by atoms with Crippen LogP contribution in [-0.4, -0.2) is 16.9 Å². The third-order valence-electron chi connectivity index (χ3n) is 2.57. The first-order chi connectivity index (χ1) is 11.0. The van der Waals surface area contributed by atoms with E-state index in [0.29, 0.717) is 5.69 Å². The Bertz CT molecular complexity index is 839. The maximum absolute atomic E-state index is 5.41. The molecular weight excluding hydrogens is 328 g/mol. The number of guanidine groups is 2. The van der Waals surface area contributed by atoms with Gasteiger partial charge in [0.2, 0.25) is 5.96 Å². The number of aromatic nitrogens is 1. The summed E-state index contributed by atoms with van der Waals surface area (Å²) in [6.07, 6.45) is 0. The van der Waals surface area contributed by atoms with E-state index in [1.54, 1.807) is 23.5 Å². The Labute approximate surface area is 142 Å². The summed E-state index contributed by atoms with van der Waals surface area (Å²) in [6.45, 7) is 0. The molecule has 1 aromatic heterocycles. The van der Waals surface area contributed by atoms with Gasteiger partial charge in [0.1, 0.15) is 0 Å². The van der Waals surface area contributed by atoms with E-state index in [-0.39, 0.29) is 11.9 Å². The lowest BCUT2D eigenvalue weighted by Crippen LogP contribution is -2.26. The van der Waals surface area contributed by atoms with Crippen molar-refractivity contribution < 1.29 is 0 Å². The van der Waals surface area contributed by atoms with E-state index in [2.05, 4.69) is 21.0 Å². The van der Waals surface area contributed by atoms with Crippen molar-refractivity contribution in [3.05, 3.63) is 58.6 Å². The van der Waals surface area contributed by atoms with Gasteiger partial charge in [0.15, 0.2) is 9.91 Å². The number of fused-ring (bicyclic) bond motifs is 1. The summed E-state index contributed by atoms with van der Waals surface area (Å²) in [4.78, 5) is 10.6. The molecule has 2 aromatic carbocycles. The van der Waals surface area contributed by atoms with Crippen molar-refractivity contribution in [1.29, 1.82) is 0 Å². The van der Waals surface area contributed by atoms with Gasteiger partial charge >= 0.3 is 0 Å². The number of hydrogen-bond acceptors (Lipinski definition) is 3. The molecule has 23 heavy (non-hydrogen) atoms. The topological polar surface area (TPSA) is 119 Å². The maximum atomic E-state index is 5.41. The summed E-state index contributed by atoms with van der Waals surface area (Å²) in [7, 11) is 0. The molecule has 6 nitrogen and oxygen atoms in total. The fraction of sp³-hybridized carbons (Fsp3) is 0. The molecule has 118 valence electrons. The zero-order valence-corrected chi connectivity index (χ0v) is 13.8. The molecule has 0 spiro atoms. The van der Waals surface area contributed by atoms with Crippen molar-refractivity contribution in [3.8, 4) is 0 Å². The van der Waals surface area contributed by atoms with Crippen molar-refractivity contribution in [2.75, 3.05) is 0 Å². The molecule has 8 heteroatoms. The molecule has 0 aliphatic rings. The molecule has 0 saturated heterocycles. The first-order valence-corrected chi connectivity index (χ1v) is 7.84. The predicted octanol–water partition coefficient (Wildman–Crippen LogP) is 2.87. The fourth-order valence-electron chi connectivity index (χ4n) is 1.69. The molecule has 0 atom stereocenters. The molecule has 0 bridgehead atoms. The lowest BCUT2D eigenvalue weighted by atomic mass is 10.3. The third kappa shape index (κ3) is 5.53. The van der Waals surface area contributed by atoms with E-state index in [0.717, 1.165) is 9.47 Å². The van der Waals surface area contributed by atoms with Gasteiger partial charge in [-0.1, -0.05) is 30.3 Å². The van der Waals surface area contributed by atoms with Crippen LogP contribution < -0.4 is 17.2 Å². The summed E-state index contributed by atoms with van der Waals surface area (Å²) in [6, 6.07) is 17.3. The van der Waals surface area contributed by atoms with Gasteiger partial charge in [0.25, 0.3) is 0 Å². The van der Waals surface area contributed by atoms with Crippen molar-refractivity contribution in [1.82, 2.24) is 4.98 Å². The van der Waals surface area contributed by atoms with Crippen LogP contribution in [0.5, 0.6) is 0 Å². The number of benzene rings is 2. The summed E-state index contributed by atoms with van der Waals surface area (Å²) >= 11 is 6.59. The van der Waals surface area contributed by atoms with Crippen molar-refractivity contribution in [2.24, 2.45) is 27.2 Å². The Morgan fingerprint density at radius 3 is 2.26 bits per heavy atom. The molecule has 0 saturated carbocycles. The fourth-order valence-corrected chi connectivity index (χ4v) is 2.80. The minimum Gasteiger partial charge on any atom is -0.370 e. The number of H-pyrrole nitrogens is 1. The number of hydrogen-bond donors (Lipinski definition) is 4. The van der Waals surface area contributed by atoms with Crippen LogP contribution in [0.3, 0.4) is 0 Å². The Morgan fingerprint density at radius 2 is 1.61 bits per heavy atom. The smallest absolute Gasteiger partial charge is 0.223 e. The quantitative estimate of drug-likeness (QED) is 0.308. The average Bonchev–Trinajstić information content (AvgIpc) is 2.88. The molecular formula is C15H16N6S2. The second-order valence-electron chi connectivity index (χ2n) is 4.35. The predicted molar refractivity (Wildman–Crippen MR) is 101 cm³/mol. The number of para-hydroxylation sites is 2. The van der Waals surface area contributed by atoms with Crippen LogP contribution in [-0.2, 0) is 0 Å². The number of nitrogens with two attached hydrogens (primary N) is 3. The van der Waals surface area contributed by atoms with Gasteiger partial charge in [-0.3, -0.25) is 0 Å². The summed E-state index contributed by atoms with van der Waals surface area (Å²) in [5.41, 5.74) is 17.5. The molecule has 0 aliphatic heterocycles. The standard InChI is InChI=1S/C8H11N5.C7H5NS2/c9-7(10)13-8(11)12-6-4-2-1-3-5-6;9-7-8-5-3-1-2-4-6(5)10-7/h1-5H,(H6,9,10,11,12,13);1-4H,(H,8,9). The van der Waals surface area contributed by atoms with E-state index in [9.17, 15) is 0 Å². The van der Waals surface area contributed by atoms with Gasteiger partial charge < -0.3 is 22.2 Å². The van der Waals surface area contributed by atoms with Gasteiger partial charge in [-0.2, -0.15) is 4.99 Å². The molecule has 3 rings (SSSR count). The average molecular weight is 344 g/mol. The molecule has 0 unspecified atom stereocenters. The number of aliphatic imine (C=N–C) groups is 2. The second-order valence-corrected chi connectivity index (χ2v) is 6.07. The SMILES string of the molecule is NC(N)=NC(N)=Nc1ccccc1.S=c1[nH]c2ccccc2s1. The van der Waals surface area contributed by atoms with E-state index in [4.69, 9.17) is 29.4 Å². The Kier molecular flexibility index (Phi) is 5.84. The Hall–Kier alpha value is -2.71. The zero-order chi connectivity index (χ0) is 16.7. The van der Waals surface area contributed by atoms with Gasteiger partial charge in [0.05, 0.1) is 15.9 Å². The first kappa shape index (κ1) is 16.7. The maximum Gasteiger partial charge on any atom is 0.223 e. The highest BCUT2D eigenvalue weighted by Crippen LogP contribution is 2.17. The second kappa shape index (κ2) is 8.06. The van der Waals surface area contributed by atoms with Gasteiger partial charge in [-0.15, -0.1) is 11.3 Å². The normalized spacial score (nSPS) is 10.7. The highest BCUT2D eigenvalue weighted by atomic mass is 32.1. The number of nitrogens with one attached hydrogen (secondary N) is 1. The third-order valence-corrected chi connectivity index (χ3v) is 3.79. The highest BCUT2D eigenvalue weighted by molar-refractivity contribution is 7.73. The van der Waals surface area contributed by atoms with Crippen LogP contribution in [0.15, 0.2) is 64.6 Å². The number of aromatic amines is 1. The molecule has 3 aromatic rings. The van der Waals surface area contributed by atoms with E-state index in [1.165, 1.54) is 4.70 Å². The Balaban J connectivity index is 0.000000172. The Morgan fingerprint density at radius 1 is 0.957 bits per heavy atom. The van der Waals surface area contributed by atoms with Crippen LogP contribution in [0.2, 0.25) is 0 Å². The van der Waals surface area contributed by atoms with Crippen LogP contribution >= 0.6 is 23.6 Å². The first-order valence-electron chi connectivity index (χ1n) is 6.61. The number of thiazole rings is 1. The van der Waals surface area contributed by atoms with Crippen LogP contribution in [0, 0.1) is 3.95 Å². The van der Waals surface area contributed by atoms with Crippen molar-refractivity contribution >= 4 is 51.4 Å². The summed E-state index contributed by atoms with van der Waals surface area (Å²) < 4.78 is 2.08. The molecule has 0 aliphatic carbocycles. The van der Waals surface area contributed by atoms with Crippen molar-refractivity contribution in [2.45, 2.75) is 0 Å². The van der Waals surface area contributed by atoms with E-state index >= 15 is 0 Å². The summed E-state index contributed by atoms with van der Waals surface area (Å²) in [5, 5.41) is 0. The van der Waals surface area contributed by atoms with Crippen LogP contribution in [0.25, 0.3) is 10.2 Å². The van der Waals surface area contributed by atoms with Gasteiger partial charge in [0, 0.05) is 0 Å². The highest BCUT2D eigenvalue weighted by Gasteiger charge is 1.92. The minimum absolute atomic E-state index is 0.0474. The minimum atomic E-state index is -0.0998. The van der Waals surface area contributed by atoms with E-state index in [1.807, 2.05) is 36.4 Å². The molecule has 0 radical (unpaired) electrons. The van der Waals surface area contributed by atoms with Crippen LogP contribution in [0.1, 0.15) is 0 Å². The van der Waals surface area contributed by atoms with Crippen LogP contribution in [0.4, 0.5) is 5.69 Å². The number of nitrogens with zero attached hydrogens (tertiary/aromatic N) is 2. The van der Waals surface area contributed by atoms with Gasteiger partial charge in [-0.25, -0.2) is 4.99 Å². The largest absolute Gasteiger partial charge is 0.370 e. The van der Waals surface area contributed by atoms with Crippen molar-refractivity contribution in [3.63, 3.8) is 0 Å². The molecule has 0 amide bonds. The monoisotopic (exact) mass is 344 g/mol. The lowest BCUT2D eigenvalue weighted by molar-refractivity contribution is 1.38. The zero-order valence-electron chi connectivity index (χ0n) is 12.1. The van der Waals surface area contributed by atoms with Gasteiger partial charge in [-0.05, 0) is 36.5 Å². The van der Waals surface area contributed by atoms with E-state index < -0.39 is 0 Å². The number of rotatable bonds is 1. The lowest BCUT2D eigenvalue weighted by Gasteiger charge is -1.94. The molecule has 1 heterocycles. The molecule has 0 fully saturated rings. The molecule has 7 N–H and O–H groups in total. The summed E-state index contributed by atoms with van der Waals surface area (Å²) in [5.74, 6) is -0.0524.